The molecule has 1 aliphatic rings. The van der Waals surface area contributed by atoms with Gasteiger partial charge in [-0.2, -0.15) is 0 Å². The Hall–Kier alpha value is -2.04. The first-order valence-corrected chi connectivity index (χ1v) is 8.01. The van der Waals surface area contributed by atoms with Gasteiger partial charge >= 0.3 is 0 Å². The van der Waals surface area contributed by atoms with Crippen LogP contribution in [0.25, 0.3) is 0 Å². The number of hydrogen-bond donors (Lipinski definition) is 3. The molecular formula is C17H25N3O2. The second kappa shape index (κ2) is 7.29. The molecule has 2 rings (SSSR count). The average molecular weight is 303 g/mol. The molecular weight excluding hydrogens is 278 g/mol. The molecule has 120 valence electrons. The molecule has 1 aromatic rings. The molecule has 1 aliphatic heterocycles. The second-order valence-electron chi connectivity index (χ2n) is 6.19. The number of hydrogen-bond acceptors (Lipinski definition) is 3. The van der Waals surface area contributed by atoms with Crippen molar-refractivity contribution < 1.29 is 9.59 Å². The summed E-state index contributed by atoms with van der Waals surface area (Å²) in [7, 11) is 0. The van der Waals surface area contributed by atoms with Crippen LogP contribution in [0, 0.1) is 5.92 Å². The Morgan fingerprint density at radius 3 is 2.77 bits per heavy atom. The van der Waals surface area contributed by atoms with Crippen molar-refractivity contribution in [3.63, 3.8) is 0 Å². The number of benzene rings is 1. The molecule has 0 fully saturated rings. The summed E-state index contributed by atoms with van der Waals surface area (Å²) in [5.41, 5.74) is 2.11. The van der Waals surface area contributed by atoms with Gasteiger partial charge in [0.2, 0.25) is 5.91 Å². The molecule has 0 aromatic heterocycles. The maximum Gasteiger partial charge on any atom is 0.251 e. The van der Waals surface area contributed by atoms with Crippen LogP contribution in [-0.2, 0) is 4.79 Å². The van der Waals surface area contributed by atoms with E-state index in [2.05, 4.69) is 36.7 Å². The van der Waals surface area contributed by atoms with E-state index in [0.717, 1.165) is 24.9 Å². The predicted molar refractivity (Wildman–Crippen MR) is 89.2 cm³/mol. The highest BCUT2D eigenvalue weighted by Crippen LogP contribution is 2.29. The Morgan fingerprint density at radius 2 is 2.09 bits per heavy atom. The van der Waals surface area contributed by atoms with E-state index in [-0.39, 0.29) is 17.9 Å². The first-order valence-electron chi connectivity index (χ1n) is 8.01. The molecule has 5 nitrogen and oxygen atoms in total. The van der Waals surface area contributed by atoms with Crippen LogP contribution in [0.15, 0.2) is 18.2 Å². The molecule has 1 aromatic carbocycles. The third-order valence-corrected chi connectivity index (χ3v) is 3.71. The van der Waals surface area contributed by atoms with Crippen molar-refractivity contribution in [1.29, 1.82) is 0 Å². The highest BCUT2D eigenvalue weighted by molar-refractivity contribution is 6.05. The number of nitrogens with one attached hydrogen (secondary N) is 3. The van der Waals surface area contributed by atoms with Crippen molar-refractivity contribution in [1.82, 2.24) is 5.32 Å². The molecule has 2 amide bonds. The van der Waals surface area contributed by atoms with E-state index < -0.39 is 0 Å². The van der Waals surface area contributed by atoms with E-state index in [1.54, 1.807) is 12.1 Å². The highest BCUT2D eigenvalue weighted by Gasteiger charge is 2.26. The molecule has 0 saturated carbocycles. The van der Waals surface area contributed by atoms with Gasteiger partial charge in [0.1, 0.15) is 6.04 Å². The first-order chi connectivity index (χ1) is 10.5. The normalized spacial score (nSPS) is 16.7. The van der Waals surface area contributed by atoms with Crippen molar-refractivity contribution in [2.45, 2.75) is 46.1 Å². The number of unbranched alkanes of at least 4 members (excludes halogenated alkanes) is 1. The summed E-state index contributed by atoms with van der Waals surface area (Å²) in [6.07, 6.45) is 2.79. The fourth-order valence-corrected chi connectivity index (χ4v) is 2.51. The zero-order valence-electron chi connectivity index (χ0n) is 13.5. The summed E-state index contributed by atoms with van der Waals surface area (Å²) in [4.78, 5) is 24.2. The van der Waals surface area contributed by atoms with E-state index in [0.29, 0.717) is 23.7 Å². The predicted octanol–water partition coefficient (Wildman–Crippen LogP) is 3.00. The van der Waals surface area contributed by atoms with Gasteiger partial charge in [0.15, 0.2) is 0 Å². The third kappa shape index (κ3) is 4.00. The highest BCUT2D eigenvalue weighted by atomic mass is 16.2. The van der Waals surface area contributed by atoms with Gasteiger partial charge in [0, 0.05) is 12.1 Å². The molecule has 0 unspecified atom stereocenters. The summed E-state index contributed by atoms with van der Waals surface area (Å²) in [5, 5.41) is 9.03. The summed E-state index contributed by atoms with van der Waals surface area (Å²) in [5.74, 6) is 0.299. The maximum atomic E-state index is 12.1. The Bertz CT molecular complexity index is 555. The molecule has 3 N–H and O–H groups in total. The molecule has 5 heteroatoms. The Balaban J connectivity index is 2.08. The van der Waals surface area contributed by atoms with Crippen LogP contribution in [0.3, 0.4) is 0 Å². The Kier molecular flexibility index (Phi) is 5.41. The van der Waals surface area contributed by atoms with E-state index in [4.69, 9.17) is 0 Å². The minimum atomic E-state index is -0.211. The van der Waals surface area contributed by atoms with Crippen molar-refractivity contribution in [2.75, 3.05) is 17.2 Å². The maximum absolute atomic E-state index is 12.1. The summed E-state index contributed by atoms with van der Waals surface area (Å²) in [6.45, 7) is 6.94. The molecule has 1 atom stereocenters. The number of amides is 2. The second-order valence-corrected chi connectivity index (χ2v) is 6.19. The zero-order valence-corrected chi connectivity index (χ0v) is 13.5. The molecule has 0 bridgehead atoms. The molecule has 0 aliphatic carbocycles. The van der Waals surface area contributed by atoms with Crippen LogP contribution in [0.2, 0.25) is 0 Å². The number of fused-ring (bicyclic) bond motifs is 1. The van der Waals surface area contributed by atoms with Gasteiger partial charge in [-0.05, 0) is 37.0 Å². The monoisotopic (exact) mass is 303 g/mol. The summed E-state index contributed by atoms with van der Waals surface area (Å²) in [6, 6.07) is 5.16. The fraction of sp³-hybridized carbons (Fsp3) is 0.529. The lowest BCUT2D eigenvalue weighted by Crippen LogP contribution is -2.39. The minimum absolute atomic E-state index is 0.0373. The topological polar surface area (TPSA) is 70.2 Å². The number of anilines is 2. The lowest BCUT2D eigenvalue weighted by Gasteiger charge is -2.28. The van der Waals surface area contributed by atoms with E-state index >= 15 is 0 Å². The summed E-state index contributed by atoms with van der Waals surface area (Å²) < 4.78 is 0. The Labute approximate surface area is 131 Å². The standard InChI is InChI=1S/C17H25N3O2/c1-4-5-8-18-16(21)12-6-7-13-14(10-12)20-17(22)15(19-13)9-11(2)3/h6-7,10-11,15,19H,4-5,8-9H2,1-3H3,(H,18,21)(H,20,22)/t15-/m0/s1. The van der Waals surface area contributed by atoms with Crippen LogP contribution >= 0.6 is 0 Å². The van der Waals surface area contributed by atoms with Gasteiger partial charge < -0.3 is 16.0 Å². The molecule has 22 heavy (non-hydrogen) atoms. The van der Waals surface area contributed by atoms with Gasteiger partial charge in [-0.25, -0.2) is 0 Å². The van der Waals surface area contributed by atoms with Gasteiger partial charge in [0.05, 0.1) is 11.4 Å². The van der Waals surface area contributed by atoms with Crippen LogP contribution in [0.5, 0.6) is 0 Å². The van der Waals surface area contributed by atoms with Gasteiger partial charge in [-0.3, -0.25) is 9.59 Å². The van der Waals surface area contributed by atoms with Crippen molar-refractivity contribution in [2.24, 2.45) is 5.92 Å². The van der Waals surface area contributed by atoms with Crippen LogP contribution in [0.1, 0.15) is 50.4 Å². The molecule has 1 heterocycles. The largest absolute Gasteiger partial charge is 0.372 e. The molecule has 0 saturated heterocycles. The SMILES string of the molecule is CCCCNC(=O)c1ccc2c(c1)NC(=O)[C@H](CC(C)C)N2. The van der Waals surface area contributed by atoms with E-state index in [9.17, 15) is 9.59 Å². The van der Waals surface area contributed by atoms with Crippen LogP contribution < -0.4 is 16.0 Å². The van der Waals surface area contributed by atoms with Crippen LogP contribution in [-0.4, -0.2) is 24.4 Å². The lowest BCUT2D eigenvalue weighted by atomic mass is 10.00. The van der Waals surface area contributed by atoms with Crippen molar-refractivity contribution in [3.05, 3.63) is 23.8 Å². The van der Waals surface area contributed by atoms with E-state index in [1.807, 2.05) is 6.07 Å². The zero-order chi connectivity index (χ0) is 16.1. The quantitative estimate of drug-likeness (QED) is 0.708. The summed E-state index contributed by atoms with van der Waals surface area (Å²) >= 11 is 0. The van der Waals surface area contributed by atoms with Gasteiger partial charge in [-0.1, -0.05) is 27.2 Å². The Morgan fingerprint density at radius 1 is 1.32 bits per heavy atom. The van der Waals surface area contributed by atoms with Gasteiger partial charge in [-0.15, -0.1) is 0 Å². The molecule has 0 spiro atoms. The lowest BCUT2D eigenvalue weighted by molar-refractivity contribution is -0.117. The van der Waals surface area contributed by atoms with Crippen LogP contribution in [0.4, 0.5) is 11.4 Å². The fourth-order valence-electron chi connectivity index (χ4n) is 2.51. The van der Waals surface area contributed by atoms with Crippen molar-refractivity contribution >= 4 is 23.2 Å². The average Bonchev–Trinajstić information content (AvgIpc) is 2.47. The minimum Gasteiger partial charge on any atom is -0.372 e. The van der Waals surface area contributed by atoms with Gasteiger partial charge in [0.25, 0.3) is 5.91 Å². The number of rotatable bonds is 6. The first kappa shape index (κ1) is 16.3. The number of carbonyl (C=O) groups excluding carboxylic acids is 2. The van der Waals surface area contributed by atoms with Crippen molar-refractivity contribution in [3.8, 4) is 0 Å². The third-order valence-electron chi connectivity index (χ3n) is 3.71. The smallest absolute Gasteiger partial charge is 0.251 e. The molecule has 0 radical (unpaired) electrons. The number of carbonyl (C=O) groups is 2. The van der Waals surface area contributed by atoms with E-state index in [1.165, 1.54) is 0 Å².